The Kier molecular flexibility index (Phi) is 4.01. The van der Waals surface area contributed by atoms with Gasteiger partial charge in [0.05, 0.1) is 26.3 Å². The molecule has 8 nitrogen and oxygen atoms in total. The van der Waals surface area contributed by atoms with E-state index in [1.54, 1.807) is 0 Å². The van der Waals surface area contributed by atoms with Gasteiger partial charge in [-0.3, -0.25) is 4.57 Å². The predicted octanol–water partition coefficient (Wildman–Crippen LogP) is 3.66. The number of hydrogen-bond donors (Lipinski definition) is 3. The highest BCUT2D eigenvalue weighted by atomic mass is 19.1. The smallest absolute Gasteiger partial charge is 0.224 e. The number of rotatable bonds is 5. The number of imidazole rings is 1. The SMILES string of the molecule is [2H]C1C([2H])([2H])C(O)CC([2H])([2H])C1([2H])Nc1ncc2nc(Nc3c(F)cc(F)cc3F)n(C3CCOC3)c2n1. The minimum absolute atomic E-state index is 0.0576. The lowest BCUT2D eigenvalue weighted by Crippen LogP contribution is -2.29. The summed E-state index contributed by atoms with van der Waals surface area (Å²) < 4.78 is 98.6. The first kappa shape index (κ1) is 15.0. The van der Waals surface area contributed by atoms with Crippen LogP contribution < -0.4 is 10.6 Å². The summed E-state index contributed by atoms with van der Waals surface area (Å²) in [5.74, 6) is -3.86. The highest BCUT2D eigenvalue weighted by molar-refractivity contribution is 5.76. The number of hydrogen-bond acceptors (Lipinski definition) is 7. The van der Waals surface area contributed by atoms with Crippen LogP contribution >= 0.6 is 0 Å². The number of nitrogens with one attached hydrogen (secondary N) is 2. The summed E-state index contributed by atoms with van der Waals surface area (Å²) in [7, 11) is 0. The van der Waals surface area contributed by atoms with Crippen LogP contribution in [0.2, 0.25) is 0 Å². The van der Waals surface area contributed by atoms with E-state index < -0.39 is 66.9 Å². The number of aliphatic hydroxyl groups excluding tert-OH is 1. The van der Waals surface area contributed by atoms with E-state index in [1.165, 1.54) is 10.8 Å². The molecule has 1 saturated carbocycles. The average Bonchev–Trinajstić information content (AvgIpc) is 3.46. The van der Waals surface area contributed by atoms with E-state index >= 15 is 0 Å². The molecule has 4 atom stereocenters. The molecule has 2 aromatic heterocycles. The number of ether oxygens (including phenoxy) is 1. The van der Waals surface area contributed by atoms with E-state index in [2.05, 4.69) is 25.6 Å². The van der Waals surface area contributed by atoms with E-state index in [4.69, 9.17) is 13.0 Å². The second-order valence-electron chi connectivity index (χ2n) is 7.34. The molecule has 1 aliphatic carbocycles. The zero-order valence-corrected chi connectivity index (χ0v) is 16.6. The molecule has 170 valence electrons. The molecule has 2 fully saturated rings. The second-order valence-corrected chi connectivity index (χ2v) is 7.34. The van der Waals surface area contributed by atoms with Crippen LogP contribution in [-0.2, 0) is 4.74 Å². The lowest BCUT2D eigenvalue weighted by molar-refractivity contribution is 0.126. The second kappa shape index (κ2) is 8.55. The fraction of sp³-hybridized carbons (Fsp3) is 0.476. The number of fused-ring (bicyclic) bond motifs is 1. The van der Waals surface area contributed by atoms with Gasteiger partial charge in [-0.1, -0.05) is 0 Å². The number of benzene rings is 1. The Morgan fingerprint density at radius 1 is 1.19 bits per heavy atom. The van der Waals surface area contributed by atoms with Crippen LogP contribution in [-0.4, -0.2) is 50.0 Å². The number of halogens is 3. The van der Waals surface area contributed by atoms with Crippen LogP contribution in [0.5, 0.6) is 0 Å². The van der Waals surface area contributed by atoms with Crippen LogP contribution in [0.1, 0.15) is 46.3 Å². The summed E-state index contributed by atoms with van der Waals surface area (Å²) in [5, 5.41) is 15.0. The summed E-state index contributed by atoms with van der Waals surface area (Å²) in [4.78, 5) is 12.7. The molecule has 2 aliphatic rings. The van der Waals surface area contributed by atoms with Crippen molar-refractivity contribution in [2.24, 2.45) is 0 Å². The monoisotopic (exact) mass is 454 g/mol. The summed E-state index contributed by atoms with van der Waals surface area (Å²) in [6.45, 7) is 0.590. The van der Waals surface area contributed by atoms with Crippen molar-refractivity contribution < 1.29 is 31.2 Å². The minimum atomic E-state index is -2.60. The standard InChI is InChI=1S/C21H23F3N6O2/c22-11-7-15(23)18(16(24)8-11)28-21-27-17-9-25-20(26-12-1-3-14(31)4-2-12)29-19(17)30(21)13-5-6-32-10-13/h7-9,12-14,31H,1-6,10H2,(H,27,28)(H,25,26,29)/i1D,2D2,3D2,12D. The van der Waals surface area contributed by atoms with E-state index in [9.17, 15) is 18.3 Å². The van der Waals surface area contributed by atoms with Crippen molar-refractivity contribution in [3.05, 3.63) is 35.8 Å². The van der Waals surface area contributed by atoms with Crippen LogP contribution in [0.15, 0.2) is 18.3 Å². The number of aromatic nitrogens is 4. The Bertz CT molecular complexity index is 1370. The molecule has 5 rings (SSSR count). The Morgan fingerprint density at radius 3 is 2.75 bits per heavy atom. The normalized spacial score (nSPS) is 34.1. The summed E-state index contributed by atoms with van der Waals surface area (Å²) in [6.07, 6.45) is -8.06. The molecule has 1 saturated heterocycles. The van der Waals surface area contributed by atoms with Gasteiger partial charge >= 0.3 is 0 Å². The lowest BCUT2D eigenvalue weighted by Gasteiger charge is -2.26. The first-order valence-electron chi connectivity index (χ1n) is 12.9. The van der Waals surface area contributed by atoms with Gasteiger partial charge in [-0.25, -0.2) is 23.1 Å². The van der Waals surface area contributed by atoms with E-state index in [0.717, 1.165) is 0 Å². The maximum atomic E-state index is 14.4. The summed E-state index contributed by atoms with van der Waals surface area (Å²) >= 11 is 0. The molecule has 3 aromatic rings. The number of aliphatic hydroxyl groups is 1. The third kappa shape index (κ3) is 4.09. The van der Waals surface area contributed by atoms with E-state index in [-0.39, 0.29) is 29.7 Å². The Balaban J connectivity index is 1.58. The Hall–Kier alpha value is -2.92. The maximum Gasteiger partial charge on any atom is 0.224 e. The van der Waals surface area contributed by atoms with Crippen molar-refractivity contribution in [2.45, 2.75) is 50.1 Å². The highest BCUT2D eigenvalue weighted by Gasteiger charge is 2.27. The molecule has 1 aliphatic heterocycles. The van der Waals surface area contributed by atoms with Crippen LogP contribution in [0, 0.1) is 17.5 Å². The van der Waals surface area contributed by atoms with Crippen molar-refractivity contribution in [2.75, 3.05) is 23.8 Å². The van der Waals surface area contributed by atoms with Gasteiger partial charge in [0.1, 0.15) is 17.0 Å². The molecular weight excluding hydrogens is 425 g/mol. The topological polar surface area (TPSA) is 97.1 Å². The molecule has 0 spiro atoms. The third-order valence-electron chi connectivity index (χ3n) is 5.10. The average molecular weight is 454 g/mol. The van der Waals surface area contributed by atoms with Crippen molar-refractivity contribution in [1.82, 2.24) is 19.5 Å². The van der Waals surface area contributed by atoms with Crippen molar-refractivity contribution in [3.8, 4) is 0 Å². The predicted molar refractivity (Wildman–Crippen MR) is 111 cm³/mol. The van der Waals surface area contributed by atoms with Crippen molar-refractivity contribution in [3.63, 3.8) is 0 Å². The Morgan fingerprint density at radius 2 is 2.00 bits per heavy atom. The number of nitrogens with zero attached hydrogens (tertiary/aromatic N) is 4. The fourth-order valence-electron chi connectivity index (χ4n) is 3.58. The maximum absolute atomic E-state index is 14.4. The van der Waals surface area contributed by atoms with Gasteiger partial charge in [0.15, 0.2) is 17.3 Å². The quantitative estimate of drug-likeness (QED) is 0.541. The first-order valence-corrected chi connectivity index (χ1v) is 9.87. The molecule has 0 bridgehead atoms. The minimum Gasteiger partial charge on any atom is -0.393 e. The van der Waals surface area contributed by atoms with E-state index in [1.807, 2.05) is 0 Å². The molecule has 1 aromatic carbocycles. The van der Waals surface area contributed by atoms with Gasteiger partial charge in [-0.15, -0.1) is 0 Å². The molecule has 0 radical (unpaired) electrons. The molecule has 3 heterocycles. The molecular formula is C21H23F3N6O2. The molecule has 32 heavy (non-hydrogen) atoms. The van der Waals surface area contributed by atoms with Crippen LogP contribution in [0.25, 0.3) is 11.2 Å². The number of anilines is 3. The lowest BCUT2D eigenvalue weighted by atomic mass is 9.93. The molecule has 4 unspecified atom stereocenters. The van der Waals surface area contributed by atoms with E-state index in [0.29, 0.717) is 25.2 Å². The van der Waals surface area contributed by atoms with Gasteiger partial charge in [-0.05, 0) is 32.0 Å². The third-order valence-corrected chi connectivity index (χ3v) is 5.10. The molecule has 11 heteroatoms. The van der Waals surface area contributed by atoms with Gasteiger partial charge in [-0.2, -0.15) is 4.98 Å². The first-order chi connectivity index (χ1) is 17.7. The Labute approximate surface area is 190 Å². The summed E-state index contributed by atoms with van der Waals surface area (Å²) in [5.41, 5.74) is -0.369. The van der Waals surface area contributed by atoms with Gasteiger partial charge in [0.2, 0.25) is 11.9 Å². The highest BCUT2D eigenvalue weighted by Crippen LogP contribution is 2.32. The van der Waals surface area contributed by atoms with Crippen LogP contribution in [0.3, 0.4) is 0 Å². The molecule has 3 N–H and O–H groups in total. The van der Waals surface area contributed by atoms with Gasteiger partial charge in [0, 0.05) is 31.6 Å². The van der Waals surface area contributed by atoms with Gasteiger partial charge in [0.25, 0.3) is 0 Å². The zero-order valence-electron chi connectivity index (χ0n) is 22.6. The zero-order chi connectivity index (χ0) is 27.6. The largest absolute Gasteiger partial charge is 0.393 e. The summed E-state index contributed by atoms with van der Waals surface area (Å²) in [6, 6.07) is -1.96. The van der Waals surface area contributed by atoms with Crippen LogP contribution in [0.4, 0.5) is 30.8 Å². The van der Waals surface area contributed by atoms with Crippen molar-refractivity contribution in [1.29, 1.82) is 0 Å². The van der Waals surface area contributed by atoms with Gasteiger partial charge < -0.3 is 20.5 Å². The molecule has 0 amide bonds. The van der Waals surface area contributed by atoms with Crippen molar-refractivity contribution >= 4 is 28.7 Å². The fourth-order valence-corrected chi connectivity index (χ4v) is 3.58.